The molecule has 0 spiro atoms. The molecule has 1 fully saturated rings. The zero-order valence-electron chi connectivity index (χ0n) is 12.9. The van der Waals surface area contributed by atoms with Gasteiger partial charge in [-0.15, -0.1) is 0 Å². The van der Waals surface area contributed by atoms with Crippen LogP contribution in [0, 0.1) is 17.8 Å². The molecule has 1 aliphatic heterocycles. The first-order chi connectivity index (χ1) is 9.66. The average molecular weight is 273 g/mol. The number of fused-ring (bicyclic) bond motifs is 1. The van der Waals surface area contributed by atoms with E-state index in [9.17, 15) is 0 Å². The Balaban J connectivity index is 1.79. The first-order valence-corrected chi connectivity index (χ1v) is 8.14. The summed E-state index contributed by atoms with van der Waals surface area (Å²) in [5.74, 6) is 3.21. The molecule has 0 saturated heterocycles. The summed E-state index contributed by atoms with van der Waals surface area (Å²) < 4.78 is 5.86. The summed E-state index contributed by atoms with van der Waals surface area (Å²) >= 11 is 0. The lowest BCUT2D eigenvalue weighted by Crippen LogP contribution is -2.45. The van der Waals surface area contributed by atoms with Crippen LogP contribution in [0.3, 0.4) is 0 Å². The van der Waals surface area contributed by atoms with E-state index in [4.69, 9.17) is 4.74 Å². The van der Waals surface area contributed by atoms with Crippen molar-refractivity contribution in [3.05, 3.63) is 29.8 Å². The molecule has 0 amide bonds. The van der Waals surface area contributed by atoms with Crippen LogP contribution in [0.4, 0.5) is 0 Å². The van der Waals surface area contributed by atoms with Gasteiger partial charge in [-0.05, 0) is 24.3 Å². The zero-order chi connectivity index (χ0) is 14.1. The Hall–Kier alpha value is -1.02. The van der Waals surface area contributed by atoms with E-state index in [2.05, 4.69) is 50.4 Å². The van der Waals surface area contributed by atoms with E-state index in [-0.39, 0.29) is 0 Å². The predicted octanol–water partition coefficient (Wildman–Crippen LogP) is 4.17. The summed E-state index contributed by atoms with van der Waals surface area (Å²) in [6.07, 6.45) is 4.07. The lowest BCUT2D eigenvalue weighted by Gasteiger charge is -2.40. The Morgan fingerprint density at radius 2 is 1.85 bits per heavy atom. The Labute approximate surface area is 122 Å². The van der Waals surface area contributed by atoms with E-state index in [0.29, 0.717) is 18.0 Å². The van der Waals surface area contributed by atoms with Gasteiger partial charge in [-0.2, -0.15) is 0 Å². The molecule has 0 radical (unpaired) electrons. The summed E-state index contributed by atoms with van der Waals surface area (Å²) in [6.45, 7) is 7.94. The quantitative estimate of drug-likeness (QED) is 0.873. The van der Waals surface area contributed by atoms with Gasteiger partial charge in [0.1, 0.15) is 5.75 Å². The molecule has 1 heterocycles. The van der Waals surface area contributed by atoms with Gasteiger partial charge in [0.25, 0.3) is 0 Å². The highest BCUT2D eigenvalue weighted by Gasteiger charge is 2.33. The third kappa shape index (κ3) is 2.58. The number of hydrogen-bond donors (Lipinski definition) is 1. The summed E-state index contributed by atoms with van der Waals surface area (Å²) in [5.41, 5.74) is 1.34. The Bertz CT molecular complexity index is 458. The fraction of sp³-hybridized carbons (Fsp3) is 0.667. The number of benzene rings is 1. The lowest BCUT2D eigenvalue weighted by molar-refractivity contribution is 0.141. The highest BCUT2D eigenvalue weighted by Crippen LogP contribution is 2.38. The molecule has 2 aliphatic rings. The molecule has 3 rings (SSSR count). The Kier molecular flexibility index (Phi) is 4.02. The summed E-state index contributed by atoms with van der Waals surface area (Å²) in [5, 5.41) is 3.96. The first kappa shape index (κ1) is 13.9. The Morgan fingerprint density at radius 3 is 2.70 bits per heavy atom. The zero-order valence-corrected chi connectivity index (χ0v) is 12.9. The fourth-order valence-electron chi connectivity index (χ4n) is 3.79. The molecule has 20 heavy (non-hydrogen) atoms. The number of hydrogen-bond acceptors (Lipinski definition) is 2. The largest absolute Gasteiger partial charge is 0.493 e. The van der Waals surface area contributed by atoms with Crippen molar-refractivity contribution in [3.63, 3.8) is 0 Å². The molecule has 0 bridgehead atoms. The molecular formula is C18H27NO. The minimum absolute atomic E-state index is 0.442. The van der Waals surface area contributed by atoms with Crippen molar-refractivity contribution in [1.82, 2.24) is 5.32 Å². The minimum Gasteiger partial charge on any atom is -0.493 e. The van der Waals surface area contributed by atoms with Crippen LogP contribution < -0.4 is 10.1 Å². The SMILES string of the molecule is CC1COc2ccccc2C1NC1CCCC(C)C1C. The van der Waals surface area contributed by atoms with E-state index in [1.807, 2.05) is 0 Å². The second-order valence-electron chi connectivity index (χ2n) is 6.84. The van der Waals surface area contributed by atoms with Crippen molar-refractivity contribution < 1.29 is 4.74 Å². The molecule has 2 nitrogen and oxygen atoms in total. The molecule has 110 valence electrons. The van der Waals surface area contributed by atoms with Crippen LogP contribution in [0.5, 0.6) is 5.75 Å². The smallest absolute Gasteiger partial charge is 0.124 e. The second-order valence-corrected chi connectivity index (χ2v) is 6.84. The maximum Gasteiger partial charge on any atom is 0.124 e. The molecular weight excluding hydrogens is 246 g/mol. The average Bonchev–Trinajstić information content (AvgIpc) is 2.46. The van der Waals surface area contributed by atoms with Crippen molar-refractivity contribution in [3.8, 4) is 5.75 Å². The number of rotatable bonds is 2. The van der Waals surface area contributed by atoms with Crippen molar-refractivity contribution in [2.24, 2.45) is 17.8 Å². The van der Waals surface area contributed by atoms with Gasteiger partial charge in [0.05, 0.1) is 6.61 Å². The van der Waals surface area contributed by atoms with Gasteiger partial charge in [0.15, 0.2) is 0 Å². The van der Waals surface area contributed by atoms with Crippen molar-refractivity contribution in [2.75, 3.05) is 6.61 Å². The third-order valence-corrected chi connectivity index (χ3v) is 5.43. The van der Waals surface area contributed by atoms with Crippen molar-refractivity contribution >= 4 is 0 Å². The lowest BCUT2D eigenvalue weighted by atomic mass is 9.77. The molecule has 1 aromatic carbocycles. The van der Waals surface area contributed by atoms with Crippen molar-refractivity contribution in [2.45, 2.75) is 52.1 Å². The number of para-hydroxylation sites is 1. The number of ether oxygens (including phenoxy) is 1. The Morgan fingerprint density at radius 1 is 1.05 bits per heavy atom. The first-order valence-electron chi connectivity index (χ1n) is 8.14. The van der Waals surface area contributed by atoms with Gasteiger partial charge in [-0.25, -0.2) is 0 Å². The van der Waals surface area contributed by atoms with E-state index in [1.54, 1.807) is 0 Å². The van der Waals surface area contributed by atoms with Gasteiger partial charge in [0, 0.05) is 23.6 Å². The highest BCUT2D eigenvalue weighted by molar-refractivity contribution is 5.38. The standard InChI is InChI=1S/C18H27NO/c1-12-7-6-9-16(14(12)3)19-18-13(2)11-20-17-10-5-4-8-15(17)18/h4-5,8,10,12-14,16,18-19H,6-7,9,11H2,1-3H3. The molecule has 1 aromatic rings. The van der Waals surface area contributed by atoms with E-state index >= 15 is 0 Å². The highest BCUT2D eigenvalue weighted by atomic mass is 16.5. The summed E-state index contributed by atoms with van der Waals surface area (Å²) in [4.78, 5) is 0. The van der Waals surface area contributed by atoms with Gasteiger partial charge in [-0.1, -0.05) is 51.8 Å². The molecule has 2 heteroatoms. The van der Waals surface area contributed by atoms with Crippen LogP contribution in [0.2, 0.25) is 0 Å². The molecule has 1 aliphatic carbocycles. The van der Waals surface area contributed by atoms with Crippen LogP contribution in [-0.2, 0) is 0 Å². The van der Waals surface area contributed by atoms with Crippen molar-refractivity contribution in [1.29, 1.82) is 0 Å². The summed E-state index contributed by atoms with van der Waals surface area (Å²) in [6, 6.07) is 9.61. The molecule has 5 unspecified atom stereocenters. The normalized spacial score (nSPS) is 37.0. The van der Waals surface area contributed by atoms with Crippen LogP contribution in [0.25, 0.3) is 0 Å². The van der Waals surface area contributed by atoms with Crippen LogP contribution in [0.15, 0.2) is 24.3 Å². The van der Waals surface area contributed by atoms with Crippen LogP contribution >= 0.6 is 0 Å². The van der Waals surface area contributed by atoms with E-state index < -0.39 is 0 Å². The van der Waals surface area contributed by atoms with Gasteiger partial charge >= 0.3 is 0 Å². The second kappa shape index (κ2) is 5.77. The summed E-state index contributed by atoms with van der Waals surface area (Å²) in [7, 11) is 0. The molecule has 1 N–H and O–H groups in total. The molecule has 1 saturated carbocycles. The minimum atomic E-state index is 0.442. The molecule has 0 aromatic heterocycles. The van der Waals surface area contributed by atoms with E-state index in [0.717, 1.165) is 24.2 Å². The topological polar surface area (TPSA) is 21.3 Å². The van der Waals surface area contributed by atoms with Crippen LogP contribution in [-0.4, -0.2) is 12.6 Å². The van der Waals surface area contributed by atoms with Gasteiger partial charge < -0.3 is 10.1 Å². The fourth-order valence-corrected chi connectivity index (χ4v) is 3.79. The maximum atomic E-state index is 5.86. The monoisotopic (exact) mass is 273 g/mol. The predicted molar refractivity (Wildman–Crippen MR) is 82.9 cm³/mol. The van der Waals surface area contributed by atoms with Gasteiger partial charge in [0.2, 0.25) is 0 Å². The third-order valence-electron chi connectivity index (χ3n) is 5.43. The van der Waals surface area contributed by atoms with Gasteiger partial charge in [-0.3, -0.25) is 0 Å². The van der Waals surface area contributed by atoms with Crippen LogP contribution in [0.1, 0.15) is 51.6 Å². The number of nitrogens with one attached hydrogen (secondary N) is 1. The molecule has 5 atom stereocenters. The van der Waals surface area contributed by atoms with E-state index in [1.165, 1.54) is 24.8 Å². The maximum absolute atomic E-state index is 5.86.